The van der Waals surface area contributed by atoms with E-state index in [9.17, 15) is 4.79 Å². The maximum atomic E-state index is 11.7. The average molecular weight is 205 g/mol. The predicted molar refractivity (Wildman–Crippen MR) is 58.6 cm³/mol. The molecular formula is C11H15N3O. The highest BCUT2D eigenvalue weighted by Gasteiger charge is 2.22. The molecule has 1 aliphatic heterocycles. The molecule has 1 aliphatic rings. The number of aryl methyl sites for hydroxylation is 1. The molecule has 1 aromatic heterocycles. The highest BCUT2D eigenvalue weighted by atomic mass is 16.2. The van der Waals surface area contributed by atoms with Crippen molar-refractivity contribution in [2.45, 2.75) is 13.3 Å². The zero-order valence-electron chi connectivity index (χ0n) is 8.79. The maximum absolute atomic E-state index is 11.7. The first-order valence-corrected chi connectivity index (χ1v) is 5.20. The summed E-state index contributed by atoms with van der Waals surface area (Å²) < 4.78 is 0. The van der Waals surface area contributed by atoms with Crippen LogP contribution in [0.2, 0.25) is 0 Å². The minimum atomic E-state index is 0.0677. The number of hydrogen-bond acceptors (Lipinski definition) is 3. The fourth-order valence-electron chi connectivity index (χ4n) is 1.71. The van der Waals surface area contributed by atoms with E-state index < -0.39 is 0 Å². The second-order valence-corrected chi connectivity index (χ2v) is 3.90. The lowest BCUT2D eigenvalue weighted by Gasteiger charge is -2.09. The Labute approximate surface area is 89.1 Å². The standard InChI is InChI=1S/C11H15N3O/c1-8-2-5-13-10(6-8)14-11(15)9-3-4-12-7-9/h2,5-6,9,12H,3-4,7H2,1H3,(H,13,14,15). The van der Waals surface area contributed by atoms with Gasteiger partial charge in [0.2, 0.25) is 5.91 Å². The van der Waals surface area contributed by atoms with Crippen molar-refractivity contribution in [2.75, 3.05) is 18.4 Å². The monoisotopic (exact) mass is 205 g/mol. The summed E-state index contributed by atoms with van der Waals surface area (Å²) in [6, 6.07) is 3.78. The van der Waals surface area contributed by atoms with Crippen molar-refractivity contribution < 1.29 is 4.79 Å². The lowest BCUT2D eigenvalue weighted by atomic mass is 10.1. The van der Waals surface area contributed by atoms with Crippen molar-refractivity contribution in [3.63, 3.8) is 0 Å². The van der Waals surface area contributed by atoms with Gasteiger partial charge in [0.1, 0.15) is 5.82 Å². The van der Waals surface area contributed by atoms with Crippen LogP contribution >= 0.6 is 0 Å². The van der Waals surface area contributed by atoms with Gasteiger partial charge in [0.15, 0.2) is 0 Å². The summed E-state index contributed by atoms with van der Waals surface area (Å²) in [5.74, 6) is 0.803. The smallest absolute Gasteiger partial charge is 0.229 e. The molecule has 1 amide bonds. The van der Waals surface area contributed by atoms with Gasteiger partial charge in [-0.25, -0.2) is 4.98 Å². The summed E-state index contributed by atoms with van der Waals surface area (Å²) in [6.45, 7) is 3.69. The summed E-state index contributed by atoms with van der Waals surface area (Å²) in [5, 5.41) is 6.00. The SMILES string of the molecule is Cc1ccnc(NC(=O)C2CCNC2)c1. The number of anilines is 1. The third-order valence-corrected chi connectivity index (χ3v) is 2.60. The number of carbonyl (C=O) groups excluding carboxylic acids is 1. The maximum Gasteiger partial charge on any atom is 0.229 e. The lowest BCUT2D eigenvalue weighted by molar-refractivity contribution is -0.119. The van der Waals surface area contributed by atoms with Gasteiger partial charge in [0.25, 0.3) is 0 Å². The number of nitrogens with zero attached hydrogens (tertiary/aromatic N) is 1. The Morgan fingerprint density at radius 2 is 2.53 bits per heavy atom. The molecule has 0 spiro atoms. The van der Waals surface area contributed by atoms with Crippen LogP contribution in [0.15, 0.2) is 18.3 Å². The summed E-state index contributed by atoms with van der Waals surface area (Å²) in [5.41, 5.74) is 1.10. The zero-order chi connectivity index (χ0) is 10.7. The largest absolute Gasteiger partial charge is 0.316 e. The second kappa shape index (κ2) is 4.40. The second-order valence-electron chi connectivity index (χ2n) is 3.90. The van der Waals surface area contributed by atoms with Crippen molar-refractivity contribution >= 4 is 11.7 Å². The highest BCUT2D eigenvalue weighted by Crippen LogP contribution is 2.11. The molecule has 0 aromatic carbocycles. The van der Waals surface area contributed by atoms with Gasteiger partial charge in [-0.05, 0) is 37.6 Å². The Kier molecular flexibility index (Phi) is 2.97. The van der Waals surface area contributed by atoms with Crippen LogP contribution in [0.25, 0.3) is 0 Å². The number of carbonyl (C=O) groups is 1. The Bertz CT molecular complexity index is 359. The first-order chi connectivity index (χ1) is 7.25. The Morgan fingerprint density at radius 3 is 3.20 bits per heavy atom. The first kappa shape index (κ1) is 10.1. The molecule has 80 valence electrons. The third kappa shape index (κ3) is 2.53. The summed E-state index contributed by atoms with van der Waals surface area (Å²) in [7, 11) is 0. The van der Waals surface area contributed by atoms with Crippen LogP contribution < -0.4 is 10.6 Å². The van der Waals surface area contributed by atoms with Gasteiger partial charge in [-0.3, -0.25) is 4.79 Å². The van der Waals surface area contributed by atoms with Crippen LogP contribution in [0.1, 0.15) is 12.0 Å². The van der Waals surface area contributed by atoms with Crippen LogP contribution in [-0.2, 0) is 4.79 Å². The fourth-order valence-corrected chi connectivity index (χ4v) is 1.71. The molecule has 1 unspecified atom stereocenters. The molecule has 0 radical (unpaired) electrons. The third-order valence-electron chi connectivity index (χ3n) is 2.60. The summed E-state index contributed by atoms with van der Waals surface area (Å²) in [6.07, 6.45) is 2.62. The topological polar surface area (TPSA) is 54.0 Å². The molecular weight excluding hydrogens is 190 g/mol. The minimum Gasteiger partial charge on any atom is -0.316 e. The van der Waals surface area contributed by atoms with Crippen LogP contribution in [-0.4, -0.2) is 24.0 Å². The van der Waals surface area contributed by atoms with Crippen LogP contribution in [0.3, 0.4) is 0 Å². The minimum absolute atomic E-state index is 0.0677. The quantitative estimate of drug-likeness (QED) is 0.755. The van der Waals surface area contributed by atoms with Crippen molar-refractivity contribution in [2.24, 2.45) is 5.92 Å². The van der Waals surface area contributed by atoms with E-state index in [1.54, 1.807) is 6.20 Å². The molecule has 1 aromatic rings. The molecule has 2 rings (SSSR count). The number of aromatic nitrogens is 1. The van der Waals surface area contributed by atoms with Gasteiger partial charge in [-0.15, -0.1) is 0 Å². The van der Waals surface area contributed by atoms with Crippen LogP contribution in [0.4, 0.5) is 5.82 Å². The fraction of sp³-hybridized carbons (Fsp3) is 0.455. The van der Waals surface area contributed by atoms with E-state index in [-0.39, 0.29) is 11.8 Å². The Hall–Kier alpha value is -1.42. The molecule has 2 N–H and O–H groups in total. The zero-order valence-corrected chi connectivity index (χ0v) is 8.79. The summed E-state index contributed by atoms with van der Waals surface area (Å²) >= 11 is 0. The van der Waals surface area contributed by atoms with Gasteiger partial charge in [0.05, 0.1) is 5.92 Å². The van der Waals surface area contributed by atoms with E-state index in [0.717, 1.165) is 25.1 Å². The molecule has 4 nitrogen and oxygen atoms in total. The normalized spacial score (nSPS) is 20.2. The molecule has 2 heterocycles. The van der Waals surface area contributed by atoms with Gasteiger partial charge < -0.3 is 10.6 Å². The Morgan fingerprint density at radius 1 is 1.67 bits per heavy atom. The molecule has 1 fully saturated rings. The number of rotatable bonds is 2. The van der Waals surface area contributed by atoms with E-state index in [4.69, 9.17) is 0 Å². The van der Waals surface area contributed by atoms with Crippen molar-refractivity contribution in [1.29, 1.82) is 0 Å². The van der Waals surface area contributed by atoms with Crippen LogP contribution in [0.5, 0.6) is 0 Å². The lowest BCUT2D eigenvalue weighted by Crippen LogP contribution is -2.25. The number of hydrogen-bond donors (Lipinski definition) is 2. The van der Waals surface area contributed by atoms with E-state index in [2.05, 4.69) is 15.6 Å². The Balaban J connectivity index is 1.99. The molecule has 15 heavy (non-hydrogen) atoms. The van der Waals surface area contributed by atoms with E-state index in [0.29, 0.717) is 5.82 Å². The van der Waals surface area contributed by atoms with E-state index in [1.807, 2.05) is 19.1 Å². The van der Waals surface area contributed by atoms with E-state index >= 15 is 0 Å². The van der Waals surface area contributed by atoms with Crippen molar-refractivity contribution in [1.82, 2.24) is 10.3 Å². The molecule has 0 bridgehead atoms. The highest BCUT2D eigenvalue weighted by molar-refractivity contribution is 5.92. The number of pyridine rings is 1. The number of amides is 1. The summed E-state index contributed by atoms with van der Waals surface area (Å²) in [4.78, 5) is 15.8. The van der Waals surface area contributed by atoms with E-state index in [1.165, 1.54) is 0 Å². The average Bonchev–Trinajstić information content (AvgIpc) is 2.70. The van der Waals surface area contributed by atoms with Gasteiger partial charge >= 0.3 is 0 Å². The van der Waals surface area contributed by atoms with Gasteiger partial charge in [0, 0.05) is 12.7 Å². The molecule has 4 heteroatoms. The molecule has 1 atom stereocenters. The number of nitrogens with one attached hydrogen (secondary N) is 2. The predicted octanol–water partition coefficient (Wildman–Crippen LogP) is 0.938. The molecule has 1 saturated heterocycles. The van der Waals surface area contributed by atoms with Crippen molar-refractivity contribution in [3.05, 3.63) is 23.9 Å². The van der Waals surface area contributed by atoms with Gasteiger partial charge in [-0.2, -0.15) is 0 Å². The molecule has 0 aliphatic carbocycles. The molecule has 0 saturated carbocycles. The van der Waals surface area contributed by atoms with Crippen molar-refractivity contribution in [3.8, 4) is 0 Å². The van der Waals surface area contributed by atoms with Crippen LogP contribution in [0, 0.1) is 12.8 Å². The first-order valence-electron chi connectivity index (χ1n) is 5.20. The van der Waals surface area contributed by atoms with Gasteiger partial charge in [-0.1, -0.05) is 0 Å².